The van der Waals surface area contributed by atoms with Gasteiger partial charge in [0.25, 0.3) is 0 Å². The van der Waals surface area contributed by atoms with Gasteiger partial charge in [0.1, 0.15) is 5.60 Å². The van der Waals surface area contributed by atoms with E-state index >= 15 is 0 Å². The summed E-state index contributed by atoms with van der Waals surface area (Å²) in [5.41, 5.74) is -0.566. The SMILES string of the molecule is CC[C@@H]1C(C(=O)[O-])CCCN1C(=O)OC(C)(C)C. The molecule has 0 bridgehead atoms. The number of carboxylic acid groups (broad SMARTS) is 1. The van der Waals surface area contributed by atoms with E-state index in [-0.39, 0.29) is 6.04 Å². The molecule has 1 unspecified atom stereocenters. The van der Waals surface area contributed by atoms with E-state index in [9.17, 15) is 14.7 Å². The monoisotopic (exact) mass is 256 g/mol. The summed E-state index contributed by atoms with van der Waals surface area (Å²) in [6.45, 7) is 7.82. The van der Waals surface area contributed by atoms with Crippen LogP contribution in [0.2, 0.25) is 0 Å². The van der Waals surface area contributed by atoms with Crippen LogP contribution in [-0.4, -0.2) is 35.2 Å². The van der Waals surface area contributed by atoms with Gasteiger partial charge in [-0.3, -0.25) is 0 Å². The second-order valence-electron chi connectivity index (χ2n) is 5.72. The van der Waals surface area contributed by atoms with Gasteiger partial charge in [-0.1, -0.05) is 6.92 Å². The summed E-state index contributed by atoms with van der Waals surface area (Å²) >= 11 is 0. The van der Waals surface area contributed by atoms with Gasteiger partial charge in [0.15, 0.2) is 0 Å². The van der Waals surface area contributed by atoms with Crippen molar-refractivity contribution < 1.29 is 19.4 Å². The van der Waals surface area contributed by atoms with Crippen molar-refractivity contribution in [2.45, 2.75) is 58.6 Å². The minimum Gasteiger partial charge on any atom is -0.550 e. The van der Waals surface area contributed by atoms with Crippen LogP contribution in [0.4, 0.5) is 4.79 Å². The quantitative estimate of drug-likeness (QED) is 0.743. The molecule has 1 fully saturated rings. The van der Waals surface area contributed by atoms with Crippen molar-refractivity contribution in [2.75, 3.05) is 6.54 Å². The topological polar surface area (TPSA) is 69.7 Å². The van der Waals surface area contributed by atoms with Crippen molar-refractivity contribution in [1.82, 2.24) is 4.90 Å². The smallest absolute Gasteiger partial charge is 0.410 e. The van der Waals surface area contributed by atoms with Gasteiger partial charge in [0.2, 0.25) is 0 Å². The van der Waals surface area contributed by atoms with Crippen LogP contribution in [0, 0.1) is 5.92 Å². The highest BCUT2D eigenvalue weighted by molar-refractivity contribution is 5.73. The molecule has 1 aliphatic heterocycles. The minimum atomic E-state index is -1.07. The molecular weight excluding hydrogens is 234 g/mol. The number of hydrogen-bond donors (Lipinski definition) is 0. The standard InChI is InChI=1S/C13H23NO4/c1-5-10-9(11(15)16)7-6-8-14(10)12(17)18-13(2,3)4/h9-10H,5-8H2,1-4H3,(H,15,16)/p-1/t9?,10-/m1/s1. The first kappa shape index (κ1) is 14.8. The van der Waals surface area contributed by atoms with Crippen molar-refractivity contribution in [3.63, 3.8) is 0 Å². The van der Waals surface area contributed by atoms with Crippen molar-refractivity contribution in [2.24, 2.45) is 5.92 Å². The molecule has 0 aromatic carbocycles. The summed E-state index contributed by atoms with van der Waals surface area (Å²) < 4.78 is 5.31. The Morgan fingerprint density at radius 1 is 1.39 bits per heavy atom. The lowest BCUT2D eigenvalue weighted by atomic mass is 9.88. The van der Waals surface area contributed by atoms with Gasteiger partial charge in [-0.2, -0.15) is 0 Å². The number of carboxylic acids is 1. The molecule has 1 saturated heterocycles. The summed E-state index contributed by atoms with van der Waals surface area (Å²) in [5.74, 6) is -1.66. The van der Waals surface area contributed by atoms with Crippen LogP contribution in [0.5, 0.6) is 0 Å². The van der Waals surface area contributed by atoms with Gasteiger partial charge in [-0.15, -0.1) is 0 Å². The Hall–Kier alpha value is -1.26. The Labute approximate surface area is 108 Å². The molecule has 104 valence electrons. The average molecular weight is 256 g/mol. The number of piperidine rings is 1. The number of amides is 1. The molecule has 0 N–H and O–H groups in total. The van der Waals surface area contributed by atoms with E-state index in [0.717, 1.165) is 0 Å². The third-order valence-corrected chi connectivity index (χ3v) is 3.13. The Morgan fingerprint density at radius 2 is 2.00 bits per heavy atom. The van der Waals surface area contributed by atoms with E-state index in [1.165, 1.54) is 4.90 Å². The summed E-state index contributed by atoms with van der Waals surface area (Å²) in [6, 6.07) is -0.321. The third kappa shape index (κ3) is 3.62. The molecule has 1 amide bonds. The number of rotatable bonds is 2. The van der Waals surface area contributed by atoms with Crippen molar-refractivity contribution in [1.29, 1.82) is 0 Å². The van der Waals surface area contributed by atoms with Crippen LogP contribution >= 0.6 is 0 Å². The molecule has 1 rings (SSSR count). The first-order chi connectivity index (χ1) is 8.26. The summed E-state index contributed by atoms with van der Waals surface area (Å²) in [6.07, 6.45) is 1.41. The number of carbonyl (C=O) groups is 2. The molecule has 0 spiro atoms. The van der Waals surface area contributed by atoms with Gasteiger partial charge in [-0.05, 0) is 40.0 Å². The second-order valence-corrected chi connectivity index (χ2v) is 5.72. The fraction of sp³-hybridized carbons (Fsp3) is 0.846. The molecule has 0 aromatic rings. The van der Waals surface area contributed by atoms with Crippen LogP contribution in [-0.2, 0) is 9.53 Å². The third-order valence-electron chi connectivity index (χ3n) is 3.13. The first-order valence-electron chi connectivity index (χ1n) is 6.46. The van der Waals surface area contributed by atoms with Gasteiger partial charge < -0.3 is 19.5 Å². The van der Waals surface area contributed by atoms with Gasteiger partial charge in [-0.25, -0.2) is 4.79 Å². The van der Waals surface area contributed by atoms with Crippen molar-refractivity contribution >= 4 is 12.1 Å². The maximum atomic E-state index is 12.0. The Bertz CT molecular complexity index is 321. The highest BCUT2D eigenvalue weighted by Crippen LogP contribution is 2.27. The first-order valence-corrected chi connectivity index (χ1v) is 6.46. The average Bonchev–Trinajstić information content (AvgIpc) is 2.25. The highest BCUT2D eigenvalue weighted by Gasteiger charge is 2.35. The van der Waals surface area contributed by atoms with Crippen LogP contribution < -0.4 is 5.11 Å². The largest absolute Gasteiger partial charge is 0.550 e. The number of aliphatic carboxylic acids is 1. The minimum absolute atomic E-state index is 0.321. The lowest BCUT2D eigenvalue weighted by molar-refractivity contribution is -0.314. The van der Waals surface area contributed by atoms with Crippen LogP contribution in [0.25, 0.3) is 0 Å². The van der Waals surface area contributed by atoms with Crippen LogP contribution in [0.3, 0.4) is 0 Å². The molecule has 2 atom stereocenters. The molecule has 5 nitrogen and oxygen atoms in total. The zero-order valence-electron chi connectivity index (χ0n) is 11.6. The van der Waals surface area contributed by atoms with E-state index < -0.39 is 23.6 Å². The molecule has 0 saturated carbocycles. The maximum absolute atomic E-state index is 12.0. The van der Waals surface area contributed by atoms with Gasteiger partial charge >= 0.3 is 6.09 Å². The van der Waals surface area contributed by atoms with E-state index in [0.29, 0.717) is 25.8 Å². The Morgan fingerprint density at radius 3 is 2.44 bits per heavy atom. The summed E-state index contributed by atoms with van der Waals surface area (Å²) in [5, 5.41) is 11.1. The molecule has 5 heteroatoms. The number of ether oxygens (including phenoxy) is 1. The Kier molecular flexibility index (Phi) is 4.59. The van der Waals surface area contributed by atoms with E-state index in [1.54, 1.807) is 20.8 Å². The predicted octanol–water partition coefficient (Wildman–Crippen LogP) is 1.16. The number of nitrogens with zero attached hydrogens (tertiary/aromatic N) is 1. The predicted molar refractivity (Wildman–Crippen MR) is 64.8 cm³/mol. The normalized spacial score (nSPS) is 24.8. The fourth-order valence-corrected chi connectivity index (χ4v) is 2.38. The zero-order chi connectivity index (χ0) is 13.9. The molecule has 0 radical (unpaired) electrons. The van der Waals surface area contributed by atoms with Gasteiger partial charge in [0.05, 0.1) is 0 Å². The molecule has 1 heterocycles. The van der Waals surface area contributed by atoms with Crippen LogP contribution in [0.1, 0.15) is 47.0 Å². The molecule has 1 aliphatic rings. The Balaban J connectivity index is 2.79. The van der Waals surface area contributed by atoms with E-state index in [2.05, 4.69) is 0 Å². The molecular formula is C13H22NO4-. The number of hydrogen-bond acceptors (Lipinski definition) is 4. The molecule has 18 heavy (non-hydrogen) atoms. The lowest BCUT2D eigenvalue weighted by Crippen LogP contribution is -2.54. The highest BCUT2D eigenvalue weighted by atomic mass is 16.6. The molecule has 0 aliphatic carbocycles. The lowest BCUT2D eigenvalue weighted by Gasteiger charge is -2.41. The fourth-order valence-electron chi connectivity index (χ4n) is 2.38. The van der Waals surface area contributed by atoms with Crippen molar-refractivity contribution in [3.05, 3.63) is 0 Å². The van der Waals surface area contributed by atoms with E-state index in [1.807, 2.05) is 6.92 Å². The van der Waals surface area contributed by atoms with Gasteiger partial charge in [0, 0.05) is 24.5 Å². The second kappa shape index (κ2) is 5.59. The van der Waals surface area contributed by atoms with Crippen molar-refractivity contribution in [3.8, 4) is 0 Å². The maximum Gasteiger partial charge on any atom is 0.410 e. The number of likely N-dealkylation sites (tertiary alicyclic amines) is 1. The molecule has 0 aromatic heterocycles. The van der Waals surface area contributed by atoms with Crippen LogP contribution in [0.15, 0.2) is 0 Å². The zero-order valence-corrected chi connectivity index (χ0v) is 11.6. The summed E-state index contributed by atoms with van der Waals surface area (Å²) in [4.78, 5) is 24.7. The van der Waals surface area contributed by atoms with E-state index in [4.69, 9.17) is 4.74 Å². The summed E-state index contributed by atoms with van der Waals surface area (Å²) in [7, 11) is 0. The number of carbonyl (C=O) groups excluding carboxylic acids is 2.